The zero-order valence-electron chi connectivity index (χ0n) is 10.8. The normalized spacial score (nSPS) is 24.5. The van der Waals surface area contributed by atoms with Gasteiger partial charge in [-0.2, -0.15) is 0 Å². The third kappa shape index (κ3) is 2.63. The third-order valence-electron chi connectivity index (χ3n) is 4.38. The van der Waals surface area contributed by atoms with Gasteiger partial charge in [0, 0.05) is 32.8 Å². The molecule has 0 atom stereocenters. The number of carbonyl (C=O) groups is 1. The Labute approximate surface area is 103 Å². The van der Waals surface area contributed by atoms with Crippen molar-refractivity contribution in [3.63, 3.8) is 0 Å². The summed E-state index contributed by atoms with van der Waals surface area (Å²) in [6, 6.07) is 0.287. The molecule has 1 saturated heterocycles. The molecule has 4 nitrogen and oxygen atoms in total. The maximum atomic E-state index is 12.5. The van der Waals surface area contributed by atoms with Gasteiger partial charge in [-0.15, -0.1) is 0 Å². The second-order valence-electron chi connectivity index (χ2n) is 5.51. The number of nitrogens with zero attached hydrogens (tertiary/aromatic N) is 1. The van der Waals surface area contributed by atoms with Crippen LogP contribution in [0.1, 0.15) is 38.5 Å². The molecule has 1 amide bonds. The minimum Gasteiger partial charge on any atom is -0.385 e. The Morgan fingerprint density at radius 3 is 2.53 bits per heavy atom. The van der Waals surface area contributed by atoms with Crippen LogP contribution in [-0.4, -0.2) is 43.7 Å². The molecule has 1 aliphatic carbocycles. The van der Waals surface area contributed by atoms with Crippen LogP contribution in [0.4, 0.5) is 0 Å². The maximum Gasteiger partial charge on any atom is 0.228 e. The number of ether oxygens (including phenoxy) is 1. The molecule has 2 fully saturated rings. The Balaban J connectivity index is 1.92. The van der Waals surface area contributed by atoms with Crippen molar-refractivity contribution in [2.24, 2.45) is 11.1 Å². The molecule has 98 valence electrons. The van der Waals surface area contributed by atoms with Crippen molar-refractivity contribution in [1.82, 2.24) is 4.90 Å². The van der Waals surface area contributed by atoms with Gasteiger partial charge in [0.15, 0.2) is 0 Å². The van der Waals surface area contributed by atoms with Crippen LogP contribution in [0, 0.1) is 5.41 Å². The molecule has 1 saturated carbocycles. The van der Waals surface area contributed by atoms with Gasteiger partial charge in [0.05, 0.1) is 5.41 Å². The molecule has 0 spiro atoms. The molecule has 0 aromatic carbocycles. The van der Waals surface area contributed by atoms with E-state index in [4.69, 9.17) is 10.5 Å². The van der Waals surface area contributed by atoms with Crippen molar-refractivity contribution in [2.75, 3.05) is 26.8 Å². The van der Waals surface area contributed by atoms with E-state index in [0.717, 1.165) is 45.2 Å². The van der Waals surface area contributed by atoms with Crippen molar-refractivity contribution in [3.8, 4) is 0 Å². The van der Waals surface area contributed by atoms with Crippen LogP contribution >= 0.6 is 0 Å². The van der Waals surface area contributed by atoms with Crippen LogP contribution in [0.15, 0.2) is 0 Å². The maximum absolute atomic E-state index is 12.5. The fraction of sp³-hybridized carbons (Fsp3) is 0.923. The second-order valence-corrected chi connectivity index (χ2v) is 5.51. The molecule has 0 bridgehead atoms. The fourth-order valence-electron chi connectivity index (χ4n) is 2.91. The lowest BCUT2D eigenvalue weighted by Crippen LogP contribution is -2.52. The first-order chi connectivity index (χ1) is 8.18. The van der Waals surface area contributed by atoms with E-state index in [-0.39, 0.29) is 11.5 Å². The highest BCUT2D eigenvalue weighted by atomic mass is 16.5. The van der Waals surface area contributed by atoms with E-state index >= 15 is 0 Å². The summed E-state index contributed by atoms with van der Waals surface area (Å²) in [4.78, 5) is 14.6. The molecule has 1 heterocycles. The number of carbonyl (C=O) groups excluding carboxylic acids is 1. The lowest BCUT2D eigenvalue weighted by atomic mass is 9.65. The lowest BCUT2D eigenvalue weighted by Gasteiger charge is -2.45. The van der Waals surface area contributed by atoms with E-state index in [1.807, 2.05) is 4.90 Å². The highest BCUT2D eigenvalue weighted by Gasteiger charge is 2.46. The van der Waals surface area contributed by atoms with Crippen LogP contribution in [0.3, 0.4) is 0 Å². The average Bonchev–Trinajstić information content (AvgIpc) is 2.28. The quantitative estimate of drug-likeness (QED) is 0.802. The van der Waals surface area contributed by atoms with Crippen LogP contribution in [-0.2, 0) is 9.53 Å². The Kier molecular flexibility index (Phi) is 4.05. The lowest BCUT2D eigenvalue weighted by molar-refractivity contribution is -0.150. The summed E-state index contributed by atoms with van der Waals surface area (Å²) in [5.74, 6) is 0.354. The topological polar surface area (TPSA) is 55.6 Å². The minimum atomic E-state index is -0.0998. The van der Waals surface area contributed by atoms with E-state index in [0.29, 0.717) is 12.5 Å². The summed E-state index contributed by atoms with van der Waals surface area (Å²) in [7, 11) is 1.71. The molecule has 2 aliphatic rings. The number of nitrogens with two attached hydrogens (primary N) is 1. The molecule has 0 aromatic heterocycles. The number of rotatable bonds is 4. The number of methoxy groups -OCH3 is 1. The van der Waals surface area contributed by atoms with E-state index < -0.39 is 0 Å². The van der Waals surface area contributed by atoms with Gasteiger partial charge in [-0.25, -0.2) is 0 Å². The van der Waals surface area contributed by atoms with Gasteiger partial charge in [0.1, 0.15) is 0 Å². The van der Waals surface area contributed by atoms with Crippen molar-refractivity contribution < 1.29 is 9.53 Å². The molecule has 17 heavy (non-hydrogen) atoms. The number of amides is 1. The summed E-state index contributed by atoms with van der Waals surface area (Å²) in [6.07, 6.45) is 6.04. The molecule has 2 N–H and O–H groups in total. The van der Waals surface area contributed by atoms with Crippen LogP contribution in [0.5, 0.6) is 0 Å². The van der Waals surface area contributed by atoms with Gasteiger partial charge in [0.25, 0.3) is 0 Å². The first-order valence-corrected chi connectivity index (χ1v) is 6.72. The van der Waals surface area contributed by atoms with Crippen LogP contribution < -0.4 is 5.73 Å². The van der Waals surface area contributed by atoms with E-state index in [1.54, 1.807) is 7.11 Å². The van der Waals surface area contributed by atoms with Crippen LogP contribution in [0.2, 0.25) is 0 Å². The zero-order valence-corrected chi connectivity index (χ0v) is 10.8. The summed E-state index contributed by atoms with van der Waals surface area (Å²) < 4.78 is 5.14. The second kappa shape index (κ2) is 5.36. The molecule has 0 aromatic rings. The summed E-state index contributed by atoms with van der Waals surface area (Å²) in [6.45, 7) is 2.38. The Hall–Kier alpha value is -0.610. The monoisotopic (exact) mass is 240 g/mol. The summed E-state index contributed by atoms with van der Waals surface area (Å²) in [5.41, 5.74) is 5.78. The van der Waals surface area contributed by atoms with Gasteiger partial charge in [-0.1, -0.05) is 6.42 Å². The Morgan fingerprint density at radius 1 is 1.41 bits per heavy atom. The number of hydrogen-bond donors (Lipinski definition) is 1. The van der Waals surface area contributed by atoms with Gasteiger partial charge < -0.3 is 15.4 Å². The summed E-state index contributed by atoms with van der Waals surface area (Å²) >= 11 is 0. The van der Waals surface area contributed by atoms with Gasteiger partial charge >= 0.3 is 0 Å². The number of piperidine rings is 1. The smallest absolute Gasteiger partial charge is 0.228 e. The molecular weight excluding hydrogens is 216 g/mol. The van der Waals surface area contributed by atoms with Gasteiger partial charge in [-0.05, 0) is 32.1 Å². The van der Waals surface area contributed by atoms with Crippen molar-refractivity contribution >= 4 is 5.91 Å². The average molecular weight is 240 g/mol. The molecule has 0 unspecified atom stereocenters. The number of likely N-dealkylation sites (tertiary alicyclic amines) is 1. The van der Waals surface area contributed by atoms with Crippen molar-refractivity contribution in [2.45, 2.75) is 44.6 Å². The minimum absolute atomic E-state index is 0.0998. The van der Waals surface area contributed by atoms with Gasteiger partial charge in [0.2, 0.25) is 5.91 Å². The van der Waals surface area contributed by atoms with Crippen molar-refractivity contribution in [3.05, 3.63) is 0 Å². The first kappa shape index (κ1) is 12.8. The molecule has 0 radical (unpaired) electrons. The van der Waals surface area contributed by atoms with Gasteiger partial charge in [-0.3, -0.25) is 4.79 Å². The number of hydrogen-bond acceptors (Lipinski definition) is 3. The third-order valence-corrected chi connectivity index (χ3v) is 4.38. The van der Waals surface area contributed by atoms with E-state index in [9.17, 15) is 4.79 Å². The SMILES string of the molecule is COCCC1(C(=O)N2CCC(N)CC2)CCC1. The largest absolute Gasteiger partial charge is 0.385 e. The Bertz CT molecular complexity index is 269. The van der Waals surface area contributed by atoms with Crippen LogP contribution in [0.25, 0.3) is 0 Å². The first-order valence-electron chi connectivity index (χ1n) is 6.72. The molecule has 4 heteroatoms. The molecular formula is C13H24N2O2. The standard InChI is InChI=1S/C13H24N2O2/c1-17-10-7-13(5-2-6-13)12(16)15-8-3-11(14)4-9-15/h11H,2-10,14H2,1H3. The Morgan fingerprint density at radius 2 is 2.06 bits per heavy atom. The highest BCUT2D eigenvalue weighted by Crippen LogP contribution is 2.45. The fourth-order valence-corrected chi connectivity index (χ4v) is 2.91. The predicted octanol–water partition coefficient (Wildman–Crippen LogP) is 1.14. The molecule has 1 aliphatic heterocycles. The zero-order chi connectivity index (χ0) is 12.3. The summed E-state index contributed by atoms with van der Waals surface area (Å²) in [5, 5.41) is 0. The highest BCUT2D eigenvalue weighted by molar-refractivity contribution is 5.83. The predicted molar refractivity (Wildman–Crippen MR) is 66.6 cm³/mol. The molecule has 2 rings (SSSR count). The van der Waals surface area contributed by atoms with E-state index in [2.05, 4.69) is 0 Å². The van der Waals surface area contributed by atoms with Crippen molar-refractivity contribution in [1.29, 1.82) is 0 Å². The van der Waals surface area contributed by atoms with E-state index in [1.165, 1.54) is 6.42 Å².